The van der Waals surface area contributed by atoms with Crippen molar-refractivity contribution in [1.29, 1.82) is 5.41 Å². The van der Waals surface area contributed by atoms with E-state index in [9.17, 15) is 4.79 Å². The molecule has 3 heterocycles. The molecule has 0 atom stereocenters. The summed E-state index contributed by atoms with van der Waals surface area (Å²) in [6, 6.07) is 15.6. The number of nitrogens with zero attached hydrogens (tertiary/aromatic N) is 3. The average Bonchev–Trinajstić information content (AvgIpc) is 3.44. The van der Waals surface area contributed by atoms with E-state index in [0.717, 1.165) is 40.9 Å². The van der Waals surface area contributed by atoms with Gasteiger partial charge in [0.05, 0.1) is 19.3 Å². The van der Waals surface area contributed by atoms with Gasteiger partial charge in [0.25, 0.3) is 5.91 Å². The number of para-hydroxylation sites is 1. The summed E-state index contributed by atoms with van der Waals surface area (Å²) in [6.45, 7) is 1.32. The van der Waals surface area contributed by atoms with Crippen LogP contribution in [0.3, 0.4) is 0 Å². The summed E-state index contributed by atoms with van der Waals surface area (Å²) in [5.74, 6) is 1.31. The minimum atomic E-state index is -0.383. The van der Waals surface area contributed by atoms with Crippen LogP contribution in [0.4, 0.5) is 0 Å². The van der Waals surface area contributed by atoms with Gasteiger partial charge in [-0.3, -0.25) is 15.1 Å². The number of carbonyl (C=O) groups is 1. The summed E-state index contributed by atoms with van der Waals surface area (Å²) in [5, 5.41) is 11.9. The van der Waals surface area contributed by atoms with E-state index in [2.05, 4.69) is 15.6 Å². The van der Waals surface area contributed by atoms with E-state index in [4.69, 9.17) is 14.9 Å². The molecule has 7 nitrogen and oxygen atoms in total. The minimum Gasteiger partial charge on any atom is -0.497 e. The fourth-order valence-corrected chi connectivity index (χ4v) is 4.58. The van der Waals surface area contributed by atoms with Crippen LogP contribution < -0.4 is 9.47 Å². The van der Waals surface area contributed by atoms with Gasteiger partial charge in [-0.15, -0.1) is 0 Å². The first-order chi connectivity index (χ1) is 16.1. The van der Waals surface area contributed by atoms with Gasteiger partial charge in [0.2, 0.25) is 0 Å². The predicted molar refractivity (Wildman–Crippen MR) is 132 cm³/mol. The lowest BCUT2D eigenvalue weighted by Crippen LogP contribution is -2.35. The van der Waals surface area contributed by atoms with E-state index in [1.165, 1.54) is 11.8 Å². The Morgan fingerprint density at radius 3 is 2.88 bits per heavy atom. The number of carbonyl (C=O) groups excluding carboxylic acids is 1. The van der Waals surface area contributed by atoms with E-state index in [0.29, 0.717) is 11.8 Å². The number of fused-ring (bicyclic) bond motifs is 2. The smallest absolute Gasteiger partial charge is 0.283 e. The van der Waals surface area contributed by atoms with Crippen molar-refractivity contribution in [2.45, 2.75) is 13.0 Å². The van der Waals surface area contributed by atoms with Crippen LogP contribution in [-0.4, -0.2) is 40.1 Å². The van der Waals surface area contributed by atoms with Crippen LogP contribution in [0.15, 0.2) is 76.9 Å². The number of amides is 1. The number of hydrogen-bond donors (Lipinski definition) is 1. The summed E-state index contributed by atoms with van der Waals surface area (Å²) in [4.78, 5) is 18.3. The number of nitrogens with one attached hydrogen (secondary N) is 1. The van der Waals surface area contributed by atoms with Crippen LogP contribution in [0.1, 0.15) is 12.0 Å². The SMILES string of the molecule is COc1cccc(OCCCn2cc(C=C3C(=N)N4C=CSC4=NC3=O)c3ccccc32)c1. The summed E-state index contributed by atoms with van der Waals surface area (Å²) in [5.41, 5.74) is 2.25. The van der Waals surface area contributed by atoms with Crippen molar-refractivity contribution in [2.75, 3.05) is 13.7 Å². The van der Waals surface area contributed by atoms with Gasteiger partial charge in [-0.25, -0.2) is 0 Å². The third kappa shape index (κ3) is 4.17. The Kier molecular flexibility index (Phi) is 5.75. The van der Waals surface area contributed by atoms with Crippen molar-refractivity contribution in [1.82, 2.24) is 9.47 Å². The monoisotopic (exact) mass is 458 g/mol. The molecule has 0 saturated carbocycles. The Balaban J connectivity index is 1.35. The predicted octanol–water partition coefficient (Wildman–Crippen LogP) is 4.90. The van der Waals surface area contributed by atoms with E-state index >= 15 is 0 Å². The Hall–Kier alpha value is -3.78. The Morgan fingerprint density at radius 1 is 1.15 bits per heavy atom. The topological polar surface area (TPSA) is 79.9 Å². The maximum Gasteiger partial charge on any atom is 0.283 e. The van der Waals surface area contributed by atoms with Crippen LogP contribution in [0.2, 0.25) is 0 Å². The molecule has 2 aliphatic heterocycles. The Bertz CT molecular complexity index is 1340. The number of rotatable bonds is 7. The molecule has 8 heteroatoms. The van der Waals surface area contributed by atoms with Gasteiger partial charge >= 0.3 is 0 Å². The molecular formula is C25H22N4O3S. The molecule has 2 aliphatic rings. The summed E-state index contributed by atoms with van der Waals surface area (Å²) < 4.78 is 13.3. The largest absolute Gasteiger partial charge is 0.497 e. The summed E-state index contributed by atoms with van der Waals surface area (Å²) in [7, 11) is 1.64. The number of hydrogen-bond acceptors (Lipinski definition) is 5. The van der Waals surface area contributed by atoms with Crippen LogP contribution in [-0.2, 0) is 11.3 Å². The highest BCUT2D eigenvalue weighted by atomic mass is 32.2. The molecule has 0 spiro atoms. The molecule has 166 valence electrons. The average molecular weight is 459 g/mol. The molecule has 1 aromatic heterocycles. The fraction of sp³-hybridized carbons (Fsp3) is 0.160. The van der Waals surface area contributed by atoms with Gasteiger partial charge in [-0.2, -0.15) is 4.99 Å². The molecule has 0 bridgehead atoms. The number of ether oxygens (including phenoxy) is 2. The van der Waals surface area contributed by atoms with Crippen molar-refractivity contribution in [3.05, 3.63) is 77.5 Å². The lowest BCUT2D eigenvalue weighted by atomic mass is 10.1. The zero-order valence-corrected chi connectivity index (χ0v) is 18.8. The number of benzene rings is 2. The van der Waals surface area contributed by atoms with Gasteiger partial charge < -0.3 is 14.0 Å². The summed E-state index contributed by atoms with van der Waals surface area (Å²) >= 11 is 1.34. The lowest BCUT2D eigenvalue weighted by Gasteiger charge is -2.22. The highest BCUT2D eigenvalue weighted by molar-refractivity contribution is 8.16. The van der Waals surface area contributed by atoms with Crippen molar-refractivity contribution < 1.29 is 14.3 Å². The van der Waals surface area contributed by atoms with Crippen molar-refractivity contribution >= 4 is 45.7 Å². The molecular weight excluding hydrogens is 436 g/mol. The molecule has 0 unspecified atom stereocenters. The van der Waals surface area contributed by atoms with E-state index in [-0.39, 0.29) is 17.3 Å². The lowest BCUT2D eigenvalue weighted by molar-refractivity contribution is -0.114. The normalized spacial score (nSPS) is 16.5. The molecule has 3 aromatic rings. The molecule has 0 radical (unpaired) electrons. The van der Waals surface area contributed by atoms with Gasteiger partial charge in [-0.1, -0.05) is 36.0 Å². The van der Waals surface area contributed by atoms with E-state index in [1.54, 1.807) is 24.3 Å². The molecule has 1 amide bonds. The minimum absolute atomic E-state index is 0.148. The van der Waals surface area contributed by atoms with Crippen molar-refractivity contribution in [3.63, 3.8) is 0 Å². The molecule has 0 saturated heterocycles. The highest BCUT2D eigenvalue weighted by Crippen LogP contribution is 2.29. The zero-order chi connectivity index (χ0) is 22.8. The fourth-order valence-electron chi connectivity index (χ4n) is 3.88. The Morgan fingerprint density at radius 2 is 2.00 bits per heavy atom. The molecule has 2 aromatic carbocycles. The van der Waals surface area contributed by atoms with Crippen LogP contribution in [0, 0.1) is 5.41 Å². The van der Waals surface area contributed by atoms with Crippen molar-refractivity contribution in [3.8, 4) is 11.5 Å². The third-order valence-corrected chi connectivity index (χ3v) is 6.24. The number of aliphatic imine (C=N–C) groups is 1. The van der Waals surface area contributed by atoms with Crippen LogP contribution in [0.5, 0.6) is 11.5 Å². The second-order valence-electron chi connectivity index (χ2n) is 7.56. The number of aromatic nitrogens is 1. The van der Waals surface area contributed by atoms with Crippen molar-refractivity contribution in [2.24, 2.45) is 4.99 Å². The number of amidine groups is 2. The van der Waals surface area contributed by atoms with Gasteiger partial charge in [-0.05, 0) is 36.1 Å². The van der Waals surface area contributed by atoms with Crippen LogP contribution in [0.25, 0.3) is 17.0 Å². The molecule has 5 rings (SSSR count). The number of aryl methyl sites for hydroxylation is 1. The van der Waals surface area contributed by atoms with Gasteiger partial charge in [0.15, 0.2) is 5.17 Å². The highest BCUT2D eigenvalue weighted by Gasteiger charge is 2.31. The molecule has 0 fully saturated rings. The molecule has 33 heavy (non-hydrogen) atoms. The van der Waals surface area contributed by atoms with Gasteiger partial charge in [0, 0.05) is 41.5 Å². The second-order valence-corrected chi connectivity index (χ2v) is 8.43. The number of methoxy groups -OCH3 is 1. The summed E-state index contributed by atoms with van der Waals surface area (Å²) in [6.07, 6.45) is 6.37. The Labute approximate surface area is 195 Å². The first kappa shape index (κ1) is 21.1. The standard InChI is InChI=1S/C25H22N4O3S/c1-31-18-6-4-7-19(15-18)32-12-5-10-28-16-17(20-8-2-3-9-22(20)28)14-21-23(26)29-11-13-33-25(29)27-24(21)30/h2-4,6-9,11,13-16,26H,5,10,12H2,1H3. The maximum absolute atomic E-state index is 12.6. The quantitative estimate of drug-likeness (QED) is 0.403. The second kappa shape index (κ2) is 8.99. The zero-order valence-electron chi connectivity index (χ0n) is 18.0. The van der Waals surface area contributed by atoms with Gasteiger partial charge in [0.1, 0.15) is 17.3 Å². The first-order valence-corrected chi connectivity index (χ1v) is 11.4. The third-order valence-electron chi connectivity index (χ3n) is 5.49. The molecule has 1 N–H and O–H groups in total. The number of thioether (sulfide) groups is 1. The van der Waals surface area contributed by atoms with Crippen LogP contribution >= 0.6 is 11.8 Å². The molecule has 0 aliphatic carbocycles. The van der Waals surface area contributed by atoms with E-state index in [1.807, 2.05) is 54.1 Å². The van der Waals surface area contributed by atoms with E-state index < -0.39 is 0 Å². The maximum atomic E-state index is 12.6. The first-order valence-electron chi connectivity index (χ1n) is 10.5.